The minimum atomic E-state index is -4.55. The van der Waals surface area contributed by atoms with Gasteiger partial charge in [-0.3, -0.25) is 4.79 Å². The molecule has 0 radical (unpaired) electrons. The van der Waals surface area contributed by atoms with Crippen LogP contribution in [0.15, 0.2) is 48.7 Å². The summed E-state index contributed by atoms with van der Waals surface area (Å²) in [5, 5.41) is 15.4. The number of halogens is 3. The molecule has 0 spiro atoms. The first kappa shape index (κ1) is 21.1. The third-order valence-electron chi connectivity index (χ3n) is 4.60. The molecule has 1 aliphatic carbocycles. The first-order chi connectivity index (χ1) is 14.9. The second-order valence-electron chi connectivity index (χ2n) is 6.92. The first-order valence-corrected chi connectivity index (χ1v) is 10.4. The molecule has 162 valence electrons. The van der Waals surface area contributed by atoms with E-state index >= 15 is 0 Å². The van der Waals surface area contributed by atoms with Crippen molar-refractivity contribution in [3.05, 3.63) is 54.9 Å². The Bertz CT molecular complexity index is 1090. The summed E-state index contributed by atoms with van der Waals surface area (Å²) in [6.45, 7) is 4.26. The number of hydrogen-bond acceptors (Lipinski definition) is 6. The lowest BCUT2D eigenvalue weighted by molar-refractivity contribution is -0.137. The van der Waals surface area contributed by atoms with E-state index in [1.807, 2.05) is 4.57 Å². The molecule has 0 aliphatic heterocycles. The average Bonchev–Trinajstić information content (AvgIpc) is 3.26. The van der Waals surface area contributed by atoms with Gasteiger partial charge >= 0.3 is 6.18 Å². The Labute approximate surface area is 179 Å². The number of nitrogens with one attached hydrogen (secondary N) is 1. The first-order valence-electron chi connectivity index (χ1n) is 9.39. The van der Waals surface area contributed by atoms with Crippen LogP contribution >= 0.6 is 11.8 Å². The second kappa shape index (κ2) is 8.53. The Morgan fingerprint density at radius 2 is 2.13 bits per heavy atom. The van der Waals surface area contributed by atoms with E-state index in [4.69, 9.17) is 0 Å². The van der Waals surface area contributed by atoms with Gasteiger partial charge in [-0.05, 0) is 31.0 Å². The smallest absolute Gasteiger partial charge is 0.323 e. The van der Waals surface area contributed by atoms with Crippen molar-refractivity contribution in [2.45, 2.75) is 36.6 Å². The van der Waals surface area contributed by atoms with Crippen LogP contribution in [-0.4, -0.2) is 41.2 Å². The lowest BCUT2D eigenvalue weighted by Gasteiger charge is -2.14. The summed E-state index contributed by atoms with van der Waals surface area (Å²) in [5.74, 6) is 0.722. The van der Waals surface area contributed by atoms with Crippen LogP contribution in [0.25, 0.3) is 5.69 Å². The molecule has 0 saturated heterocycles. The number of aromatic nitrogens is 6. The fourth-order valence-electron chi connectivity index (χ4n) is 3.01. The van der Waals surface area contributed by atoms with Crippen LogP contribution < -0.4 is 5.32 Å². The van der Waals surface area contributed by atoms with Crippen molar-refractivity contribution in [3.8, 4) is 5.69 Å². The number of nitrogens with zero attached hydrogens (tertiary/aromatic N) is 6. The van der Waals surface area contributed by atoms with Crippen molar-refractivity contribution in [2.24, 2.45) is 0 Å². The molecular weight excluding hydrogens is 431 g/mol. The molecule has 12 heteroatoms. The van der Waals surface area contributed by atoms with Gasteiger partial charge in [-0.25, -0.2) is 9.67 Å². The second-order valence-corrected chi connectivity index (χ2v) is 7.86. The molecule has 1 fully saturated rings. The molecule has 1 N–H and O–H groups in total. The lowest BCUT2D eigenvalue weighted by atomic mass is 10.1. The summed E-state index contributed by atoms with van der Waals surface area (Å²) in [4.78, 5) is 16.4. The minimum absolute atomic E-state index is 0.0165. The predicted octanol–water partition coefficient (Wildman–Crippen LogP) is 3.67. The Hall–Kier alpha value is -3.15. The quantitative estimate of drug-likeness (QED) is 0.417. The van der Waals surface area contributed by atoms with Gasteiger partial charge < -0.3 is 9.88 Å². The number of benzene rings is 1. The zero-order valence-corrected chi connectivity index (χ0v) is 17.0. The van der Waals surface area contributed by atoms with Gasteiger partial charge in [-0.15, -0.1) is 16.8 Å². The van der Waals surface area contributed by atoms with E-state index in [2.05, 4.69) is 32.2 Å². The van der Waals surface area contributed by atoms with E-state index in [9.17, 15) is 18.0 Å². The van der Waals surface area contributed by atoms with Gasteiger partial charge in [0.2, 0.25) is 5.91 Å². The van der Waals surface area contributed by atoms with Gasteiger partial charge in [0.25, 0.3) is 0 Å². The summed E-state index contributed by atoms with van der Waals surface area (Å²) in [6.07, 6.45) is 1.89. The van der Waals surface area contributed by atoms with Crippen molar-refractivity contribution in [1.29, 1.82) is 0 Å². The van der Waals surface area contributed by atoms with Crippen LogP contribution in [-0.2, 0) is 17.5 Å². The molecule has 1 aliphatic rings. The highest BCUT2D eigenvalue weighted by Crippen LogP contribution is 2.40. The van der Waals surface area contributed by atoms with E-state index in [0.717, 1.165) is 30.8 Å². The van der Waals surface area contributed by atoms with E-state index in [1.165, 1.54) is 35.2 Å². The standard InChI is InChI=1S/C19H18F3N7OS/c1-2-7-28-17(12-3-4-12)26-27-18(28)31-9-16(30)25-14-8-13(19(20,21)22)5-6-15(14)29-11-23-10-24-29/h2,5-6,8,10-12H,1,3-4,7,9H2,(H,25,30). The number of allylic oxidation sites excluding steroid dienone is 1. The van der Waals surface area contributed by atoms with Crippen molar-refractivity contribution in [2.75, 3.05) is 11.1 Å². The van der Waals surface area contributed by atoms with Crippen molar-refractivity contribution < 1.29 is 18.0 Å². The molecule has 0 bridgehead atoms. The van der Waals surface area contributed by atoms with E-state index in [-0.39, 0.29) is 17.1 Å². The highest BCUT2D eigenvalue weighted by Gasteiger charge is 2.32. The predicted molar refractivity (Wildman–Crippen MR) is 108 cm³/mol. The van der Waals surface area contributed by atoms with Gasteiger partial charge in [0.15, 0.2) is 5.16 Å². The largest absolute Gasteiger partial charge is 0.416 e. The van der Waals surface area contributed by atoms with Crippen molar-refractivity contribution >= 4 is 23.4 Å². The Balaban J connectivity index is 1.51. The van der Waals surface area contributed by atoms with E-state index in [1.54, 1.807) is 6.08 Å². The Morgan fingerprint density at radius 3 is 2.77 bits per heavy atom. The SMILES string of the molecule is C=CCn1c(SCC(=O)Nc2cc(C(F)(F)F)ccc2-n2cncn2)nnc1C1CC1. The fourth-order valence-corrected chi connectivity index (χ4v) is 3.77. The summed E-state index contributed by atoms with van der Waals surface area (Å²) in [7, 11) is 0. The molecule has 8 nitrogen and oxygen atoms in total. The maximum Gasteiger partial charge on any atom is 0.416 e. The Kier molecular flexibility index (Phi) is 5.81. The summed E-state index contributed by atoms with van der Waals surface area (Å²) in [6, 6.07) is 3.05. The van der Waals surface area contributed by atoms with Crippen LogP contribution in [0, 0.1) is 0 Å². The molecular formula is C19H18F3N7OS. The minimum Gasteiger partial charge on any atom is -0.323 e. The monoisotopic (exact) mass is 449 g/mol. The third-order valence-corrected chi connectivity index (χ3v) is 5.56. The van der Waals surface area contributed by atoms with Crippen LogP contribution in [0.2, 0.25) is 0 Å². The van der Waals surface area contributed by atoms with Gasteiger partial charge in [-0.1, -0.05) is 17.8 Å². The number of alkyl halides is 3. The normalized spacial score (nSPS) is 13.9. The van der Waals surface area contributed by atoms with Crippen LogP contribution in [0.4, 0.5) is 18.9 Å². The zero-order chi connectivity index (χ0) is 22.0. The molecule has 4 rings (SSSR count). The summed E-state index contributed by atoms with van der Waals surface area (Å²) < 4.78 is 42.7. The number of anilines is 1. The molecule has 2 heterocycles. The molecule has 0 atom stereocenters. The average molecular weight is 449 g/mol. The molecule has 31 heavy (non-hydrogen) atoms. The van der Waals surface area contributed by atoms with Crippen molar-refractivity contribution in [1.82, 2.24) is 29.5 Å². The maximum atomic E-state index is 13.2. The van der Waals surface area contributed by atoms with Gasteiger partial charge in [0.1, 0.15) is 18.5 Å². The fraction of sp³-hybridized carbons (Fsp3) is 0.316. The number of rotatable bonds is 8. The van der Waals surface area contributed by atoms with E-state index < -0.39 is 17.6 Å². The molecule has 0 unspecified atom stereocenters. The maximum absolute atomic E-state index is 13.2. The van der Waals surface area contributed by atoms with E-state index in [0.29, 0.717) is 17.6 Å². The highest BCUT2D eigenvalue weighted by molar-refractivity contribution is 7.99. The number of amides is 1. The molecule has 3 aromatic rings. The number of carbonyl (C=O) groups excluding carboxylic acids is 1. The molecule has 1 saturated carbocycles. The number of hydrogen-bond donors (Lipinski definition) is 1. The van der Waals surface area contributed by atoms with Crippen molar-refractivity contribution in [3.63, 3.8) is 0 Å². The summed E-state index contributed by atoms with van der Waals surface area (Å²) in [5.41, 5.74) is -0.619. The van der Waals surface area contributed by atoms with Crippen LogP contribution in [0.3, 0.4) is 0 Å². The van der Waals surface area contributed by atoms with Crippen LogP contribution in [0.5, 0.6) is 0 Å². The molecule has 1 aromatic carbocycles. The highest BCUT2D eigenvalue weighted by atomic mass is 32.2. The Morgan fingerprint density at radius 1 is 1.32 bits per heavy atom. The van der Waals surface area contributed by atoms with Gasteiger partial charge in [0.05, 0.1) is 22.7 Å². The molecule has 2 aromatic heterocycles. The summed E-state index contributed by atoms with van der Waals surface area (Å²) >= 11 is 1.17. The van der Waals surface area contributed by atoms with Gasteiger partial charge in [-0.2, -0.15) is 18.3 Å². The number of carbonyl (C=O) groups is 1. The zero-order valence-electron chi connectivity index (χ0n) is 16.2. The van der Waals surface area contributed by atoms with Gasteiger partial charge in [0, 0.05) is 12.5 Å². The lowest BCUT2D eigenvalue weighted by Crippen LogP contribution is -2.17. The topological polar surface area (TPSA) is 90.5 Å². The van der Waals surface area contributed by atoms with Crippen LogP contribution in [0.1, 0.15) is 30.1 Å². The molecule has 1 amide bonds. The number of thioether (sulfide) groups is 1. The third kappa shape index (κ3) is 4.79.